The first-order valence-corrected chi connectivity index (χ1v) is 9.59. The number of rotatable bonds is 7. The zero-order chi connectivity index (χ0) is 24.3. The molecular formula is C21H22O12. The second-order valence-electron chi connectivity index (χ2n) is 7.10. The van der Waals surface area contributed by atoms with Crippen LogP contribution < -0.4 is 9.47 Å². The Morgan fingerprint density at radius 2 is 1.70 bits per heavy atom. The molecule has 1 fully saturated rings. The molecule has 12 heteroatoms. The van der Waals surface area contributed by atoms with Crippen molar-refractivity contribution in [2.45, 2.75) is 30.7 Å². The van der Waals surface area contributed by atoms with E-state index in [1.807, 2.05) is 0 Å². The van der Waals surface area contributed by atoms with Gasteiger partial charge in [0.2, 0.25) is 6.29 Å². The molecule has 5 atom stereocenters. The molecular weight excluding hydrogens is 444 g/mol. The second-order valence-corrected chi connectivity index (χ2v) is 7.10. The average Bonchev–Trinajstić information content (AvgIpc) is 2.79. The minimum Gasteiger partial charge on any atom is -0.508 e. The Hall–Kier alpha value is -3.58. The summed E-state index contributed by atoms with van der Waals surface area (Å²) in [5.41, 5.74) is -0.420. The number of benzene rings is 2. The third-order valence-corrected chi connectivity index (χ3v) is 4.90. The molecule has 0 aliphatic carbocycles. The average molecular weight is 466 g/mol. The van der Waals surface area contributed by atoms with Crippen LogP contribution in [-0.2, 0) is 9.47 Å². The summed E-state index contributed by atoms with van der Waals surface area (Å²) in [5.74, 6) is -2.99. The molecule has 0 saturated carbocycles. The van der Waals surface area contributed by atoms with Gasteiger partial charge in [-0.2, -0.15) is 0 Å². The molecule has 1 aliphatic rings. The fourth-order valence-electron chi connectivity index (χ4n) is 3.10. The van der Waals surface area contributed by atoms with E-state index in [1.165, 1.54) is 25.3 Å². The number of hydrogen-bond donors (Lipinski definition) is 6. The zero-order valence-electron chi connectivity index (χ0n) is 17.2. The lowest BCUT2D eigenvalue weighted by molar-refractivity contribution is -0.277. The molecule has 2 aromatic rings. The van der Waals surface area contributed by atoms with Gasteiger partial charge in [-0.3, -0.25) is 0 Å². The highest BCUT2D eigenvalue weighted by molar-refractivity contribution is 5.92. The van der Waals surface area contributed by atoms with Crippen LogP contribution in [0.3, 0.4) is 0 Å². The molecule has 12 nitrogen and oxygen atoms in total. The number of aromatic carboxylic acids is 1. The SMILES string of the molecule is COc1cc(C(=O)O)ccc1OC1OC(COC(=O)c2cc(O)ccc2O)C(O)C(O)C1O. The van der Waals surface area contributed by atoms with E-state index < -0.39 is 55.0 Å². The highest BCUT2D eigenvalue weighted by Gasteiger charge is 2.45. The smallest absolute Gasteiger partial charge is 0.342 e. The number of esters is 1. The molecule has 1 saturated heterocycles. The topological polar surface area (TPSA) is 192 Å². The maximum absolute atomic E-state index is 12.2. The number of carbonyl (C=O) groups is 2. The standard InChI is InChI=1S/C21H22O12/c1-30-14-6-9(19(27)28)2-5-13(14)32-21-18(26)17(25)16(24)15(33-21)8-31-20(29)11-7-10(22)3-4-12(11)23/h2-7,15-18,21-26H,8H2,1H3,(H,27,28). The van der Waals surface area contributed by atoms with Crippen molar-refractivity contribution in [2.24, 2.45) is 0 Å². The van der Waals surface area contributed by atoms with Gasteiger partial charge in [-0.25, -0.2) is 9.59 Å². The van der Waals surface area contributed by atoms with Crippen LogP contribution in [0.5, 0.6) is 23.0 Å². The van der Waals surface area contributed by atoms with Crippen LogP contribution in [0.4, 0.5) is 0 Å². The summed E-state index contributed by atoms with van der Waals surface area (Å²) in [5, 5.41) is 59.0. The number of ether oxygens (including phenoxy) is 4. The number of hydrogen-bond acceptors (Lipinski definition) is 11. The maximum Gasteiger partial charge on any atom is 0.342 e. The first-order valence-electron chi connectivity index (χ1n) is 9.59. The highest BCUT2D eigenvalue weighted by Crippen LogP contribution is 2.32. The van der Waals surface area contributed by atoms with Gasteiger partial charge in [0, 0.05) is 0 Å². The minimum absolute atomic E-state index is 0.00801. The molecule has 178 valence electrons. The minimum atomic E-state index is -1.74. The van der Waals surface area contributed by atoms with E-state index in [4.69, 9.17) is 24.1 Å². The predicted octanol–water partition coefficient (Wildman–Crippen LogP) is -0.152. The fraction of sp³-hybridized carbons (Fsp3) is 0.333. The van der Waals surface area contributed by atoms with Gasteiger partial charge < -0.3 is 49.6 Å². The lowest BCUT2D eigenvalue weighted by Crippen LogP contribution is -2.60. The van der Waals surface area contributed by atoms with Crippen molar-refractivity contribution >= 4 is 11.9 Å². The monoisotopic (exact) mass is 466 g/mol. The predicted molar refractivity (Wildman–Crippen MR) is 107 cm³/mol. The molecule has 0 bridgehead atoms. The van der Waals surface area contributed by atoms with Crippen LogP contribution in [-0.4, -0.2) is 87.0 Å². The van der Waals surface area contributed by atoms with E-state index in [0.29, 0.717) is 0 Å². The molecule has 0 spiro atoms. The van der Waals surface area contributed by atoms with Crippen LogP contribution in [0.1, 0.15) is 20.7 Å². The first kappa shape index (κ1) is 24.1. The van der Waals surface area contributed by atoms with Crippen LogP contribution in [0, 0.1) is 0 Å². The summed E-state index contributed by atoms with van der Waals surface area (Å²) in [6, 6.07) is 6.89. The van der Waals surface area contributed by atoms with E-state index in [1.54, 1.807) is 0 Å². The third kappa shape index (κ3) is 5.26. The summed E-state index contributed by atoms with van der Waals surface area (Å²) in [7, 11) is 1.27. The van der Waals surface area contributed by atoms with Crippen molar-refractivity contribution in [3.05, 3.63) is 47.5 Å². The van der Waals surface area contributed by atoms with Crippen molar-refractivity contribution in [1.82, 2.24) is 0 Å². The normalized spacial score (nSPS) is 24.7. The van der Waals surface area contributed by atoms with Crippen molar-refractivity contribution in [3.63, 3.8) is 0 Å². The molecule has 2 aromatic carbocycles. The van der Waals surface area contributed by atoms with Crippen molar-refractivity contribution in [3.8, 4) is 23.0 Å². The van der Waals surface area contributed by atoms with Crippen molar-refractivity contribution in [1.29, 1.82) is 0 Å². The van der Waals surface area contributed by atoms with Gasteiger partial charge in [-0.15, -0.1) is 0 Å². The van der Waals surface area contributed by atoms with Gasteiger partial charge in [-0.1, -0.05) is 0 Å². The van der Waals surface area contributed by atoms with Gasteiger partial charge in [-0.05, 0) is 36.4 Å². The molecule has 33 heavy (non-hydrogen) atoms. The Balaban J connectivity index is 1.73. The van der Waals surface area contributed by atoms with E-state index in [2.05, 4.69) is 0 Å². The number of carboxylic acid groups (broad SMARTS) is 1. The molecule has 6 N–H and O–H groups in total. The van der Waals surface area contributed by atoms with Crippen LogP contribution in [0.15, 0.2) is 36.4 Å². The summed E-state index contributed by atoms with van der Waals surface area (Å²) < 4.78 is 21.1. The number of methoxy groups -OCH3 is 1. The van der Waals surface area contributed by atoms with E-state index in [0.717, 1.165) is 18.2 Å². The molecule has 0 amide bonds. The molecule has 1 heterocycles. The maximum atomic E-state index is 12.2. The number of aliphatic hydroxyl groups is 3. The van der Waals surface area contributed by atoms with Gasteiger partial charge in [0.15, 0.2) is 11.5 Å². The quantitative estimate of drug-likeness (QED) is 0.234. The summed E-state index contributed by atoms with van der Waals surface area (Å²) in [6.07, 6.45) is -8.02. The fourth-order valence-corrected chi connectivity index (χ4v) is 3.10. The number of phenols is 2. The Bertz CT molecular complexity index is 1020. The van der Waals surface area contributed by atoms with E-state index in [9.17, 15) is 35.1 Å². The van der Waals surface area contributed by atoms with Gasteiger partial charge in [0.1, 0.15) is 48.1 Å². The third-order valence-electron chi connectivity index (χ3n) is 4.90. The number of carbonyl (C=O) groups excluding carboxylic acids is 1. The Kier molecular flexibility index (Phi) is 7.23. The van der Waals surface area contributed by atoms with Crippen LogP contribution in [0.2, 0.25) is 0 Å². The molecule has 3 rings (SSSR count). The second kappa shape index (κ2) is 9.92. The lowest BCUT2D eigenvalue weighted by atomic mass is 9.99. The van der Waals surface area contributed by atoms with Gasteiger partial charge >= 0.3 is 11.9 Å². The molecule has 5 unspecified atom stereocenters. The lowest BCUT2D eigenvalue weighted by Gasteiger charge is -2.40. The Labute approximate surface area is 186 Å². The van der Waals surface area contributed by atoms with Gasteiger partial charge in [0.05, 0.1) is 12.7 Å². The highest BCUT2D eigenvalue weighted by atomic mass is 16.7. The van der Waals surface area contributed by atoms with Crippen molar-refractivity contribution < 1.29 is 59.2 Å². The van der Waals surface area contributed by atoms with Crippen LogP contribution in [0.25, 0.3) is 0 Å². The summed E-state index contributed by atoms with van der Waals surface area (Å²) in [4.78, 5) is 23.3. The first-order chi connectivity index (χ1) is 15.6. The summed E-state index contributed by atoms with van der Waals surface area (Å²) >= 11 is 0. The number of phenolic OH excluding ortho intramolecular Hbond substituents is 2. The van der Waals surface area contributed by atoms with Crippen LogP contribution >= 0.6 is 0 Å². The number of aliphatic hydroxyl groups excluding tert-OH is 3. The molecule has 1 aliphatic heterocycles. The number of aromatic hydroxyl groups is 2. The number of carboxylic acids is 1. The Morgan fingerprint density at radius 3 is 2.36 bits per heavy atom. The largest absolute Gasteiger partial charge is 0.508 e. The summed E-state index contributed by atoms with van der Waals surface area (Å²) in [6.45, 7) is -0.603. The van der Waals surface area contributed by atoms with E-state index in [-0.39, 0.29) is 28.4 Å². The molecule has 0 radical (unpaired) electrons. The van der Waals surface area contributed by atoms with Gasteiger partial charge in [0.25, 0.3) is 0 Å². The molecule has 0 aromatic heterocycles. The zero-order valence-corrected chi connectivity index (χ0v) is 17.2. The van der Waals surface area contributed by atoms with E-state index >= 15 is 0 Å². The Morgan fingerprint density at radius 1 is 0.970 bits per heavy atom. The van der Waals surface area contributed by atoms with Crippen molar-refractivity contribution in [2.75, 3.05) is 13.7 Å².